The maximum absolute atomic E-state index is 14.5. The van der Waals surface area contributed by atoms with Gasteiger partial charge in [-0.25, -0.2) is 4.39 Å². The number of nitrogens with one attached hydrogen (secondary N) is 1. The van der Waals surface area contributed by atoms with Crippen LogP contribution in [-0.4, -0.2) is 20.8 Å². The Kier molecular flexibility index (Phi) is 5.08. The molecule has 0 fully saturated rings. The molecule has 7 heteroatoms. The smallest absolute Gasteiger partial charge is 0.134 e. The number of hydrogen-bond donors (Lipinski definition) is 1. The minimum atomic E-state index is -0.366. The fraction of sp³-hybridized carbons (Fsp3) is 0.222. The monoisotopic (exact) mass is 378 g/mol. The van der Waals surface area contributed by atoms with Crippen molar-refractivity contribution in [1.82, 2.24) is 20.1 Å². The van der Waals surface area contributed by atoms with Gasteiger partial charge in [-0.2, -0.15) is 5.10 Å². The van der Waals surface area contributed by atoms with Gasteiger partial charge in [-0.15, -0.1) is 12.4 Å². The van der Waals surface area contributed by atoms with Gasteiger partial charge >= 0.3 is 0 Å². The number of nitrogens with zero attached hydrogens (tertiary/aromatic N) is 3. The molecule has 0 saturated heterocycles. The first-order valence-corrected chi connectivity index (χ1v) is 8.20. The lowest BCUT2D eigenvalue weighted by molar-refractivity contribution is 0.390. The minimum absolute atomic E-state index is 0. The van der Waals surface area contributed by atoms with Crippen molar-refractivity contribution in [2.24, 2.45) is 0 Å². The van der Waals surface area contributed by atoms with E-state index in [1.165, 1.54) is 6.07 Å². The second-order valence-corrected chi connectivity index (χ2v) is 6.43. The third kappa shape index (κ3) is 3.27. The number of fused-ring (bicyclic) bond motifs is 1. The number of pyridine rings is 1. The fourth-order valence-corrected chi connectivity index (χ4v) is 3.27. The third-order valence-corrected chi connectivity index (χ3v) is 4.51. The lowest BCUT2D eigenvalue weighted by atomic mass is 9.98. The van der Waals surface area contributed by atoms with Crippen LogP contribution in [0.5, 0.6) is 0 Å². The van der Waals surface area contributed by atoms with E-state index in [-0.39, 0.29) is 18.2 Å². The second-order valence-electron chi connectivity index (χ2n) is 5.99. The lowest BCUT2D eigenvalue weighted by Gasteiger charge is -2.22. The zero-order chi connectivity index (χ0) is 16.7. The number of halogens is 3. The highest BCUT2D eigenvalue weighted by atomic mass is 35.5. The van der Waals surface area contributed by atoms with E-state index in [4.69, 9.17) is 16.7 Å². The summed E-state index contributed by atoms with van der Waals surface area (Å²) < 4.78 is 16.5. The number of benzene rings is 1. The standard InChI is InChI=1S/C18H16ClFN4.ClH/c1-11-10-24-16(9-22-11)17(12-4-6-21-7-5-12)18(23-24)14-3-2-13(19)8-15(14)20;/h2-8,11,22H,9-10H2,1H3;1H/t11-;/m0./s1. The Morgan fingerprint density at radius 2 is 2.00 bits per heavy atom. The summed E-state index contributed by atoms with van der Waals surface area (Å²) in [6, 6.07) is 8.88. The molecule has 0 unspecified atom stereocenters. The zero-order valence-electron chi connectivity index (χ0n) is 13.5. The van der Waals surface area contributed by atoms with Crippen molar-refractivity contribution in [3.05, 3.63) is 59.3 Å². The summed E-state index contributed by atoms with van der Waals surface area (Å²) in [5.74, 6) is -0.366. The highest BCUT2D eigenvalue weighted by Gasteiger charge is 2.25. The Bertz CT molecular complexity index is 896. The predicted octanol–water partition coefficient (Wildman–Crippen LogP) is 4.32. The normalized spacial score (nSPS) is 16.2. The van der Waals surface area contributed by atoms with Gasteiger partial charge in [0.25, 0.3) is 0 Å². The van der Waals surface area contributed by atoms with Crippen LogP contribution >= 0.6 is 24.0 Å². The van der Waals surface area contributed by atoms with Crippen LogP contribution in [-0.2, 0) is 13.1 Å². The first-order valence-electron chi connectivity index (χ1n) is 7.82. The Hall–Kier alpha value is -1.95. The molecule has 1 aliphatic heterocycles. The summed E-state index contributed by atoms with van der Waals surface area (Å²) in [4.78, 5) is 4.08. The molecule has 0 aliphatic carbocycles. The summed E-state index contributed by atoms with van der Waals surface area (Å²) in [6.45, 7) is 3.56. The summed E-state index contributed by atoms with van der Waals surface area (Å²) in [7, 11) is 0. The molecule has 3 aromatic rings. The molecule has 4 rings (SSSR count). The van der Waals surface area contributed by atoms with Crippen LogP contribution in [0.1, 0.15) is 12.6 Å². The van der Waals surface area contributed by atoms with Gasteiger partial charge in [-0.3, -0.25) is 9.67 Å². The van der Waals surface area contributed by atoms with Crippen molar-refractivity contribution in [3.63, 3.8) is 0 Å². The summed E-state index contributed by atoms with van der Waals surface area (Å²) in [6.07, 6.45) is 3.47. The molecule has 3 heterocycles. The van der Waals surface area contributed by atoms with Crippen LogP contribution in [0.3, 0.4) is 0 Å². The van der Waals surface area contributed by atoms with Crippen LogP contribution in [0.2, 0.25) is 5.02 Å². The van der Waals surface area contributed by atoms with Crippen LogP contribution in [0.25, 0.3) is 22.4 Å². The van der Waals surface area contributed by atoms with E-state index in [1.807, 2.05) is 16.8 Å². The molecule has 0 saturated carbocycles. The van der Waals surface area contributed by atoms with E-state index < -0.39 is 0 Å². The molecule has 1 atom stereocenters. The Morgan fingerprint density at radius 1 is 1.24 bits per heavy atom. The number of hydrogen-bond acceptors (Lipinski definition) is 3. The lowest BCUT2D eigenvalue weighted by Crippen LogP contribution is -2.36. The molecule has 4 nitrogen and oxygen atoms in total. The van der Waals surface area contributed by atoms with Crippen molar-refractivity contribution in [2.75, 3.05) is 0 Å². The van der Waals surface area contributed by atoms with Crippen LogP contribution < -0.4 is 5.32 Å². The highest BCUT2D eigenvalue weighted by Crippen LogP contribution is 2.37. The van der Waals surface area contributed by atoms with Gasteiger partial charge < -0.3 is 5.32 Å². The van der Waals surface area contributed by atoms with Crippen molar-refractivity contribution in [1.29, 1.82) is 0 Å². The maximum atomic E-state index is 14.5. The van der Waals surface area contributed by atoms with Crippen LogP contribution in [0.15, 0.2) is 42.7 Å². The molecule has 0 bridgehead atoms. The highest BCUT2D eigenvalue weighted by molar-refractivity contribution is 6.30. The predicted molar refractivity (Wildman–Crippen MR) is 99.4 cm³/mol. The molecule has 1 N–H and O–H groups in total. The Morgan fingerprint density at radius 3 is 2.72 bits per heavy atom. The van der Waals surface area contributed by atoms with Gasteiger partial charge in [0.1, 0.15) is 11.5 Å². The Balaban J connectivity index is 0.00000182. The summed E-state index contributed by atoms with van der Waals surface area (Å²) >= 11 is 5.90. The number of rotatable bonds is 2. The largest absolute Gasteiger partial charge is 0.307 e. The molecule has 0 radical (unpaired) electrons. The van der Waals surface area contributed by atoms with Crippen molar-refractivity contribution in [2.45, 2.75) is 26.1 Å². The Labute approximate surface area is 156 Å². The molecule has 1 aliphatic rings. The van der Waals surface area contributed by atoms with Gasteiger partial charge in [0, 0.05) is 41.1 Å². The summed E-state index contributed by atoms with van der Waals surface area (Å²) in [5, 5.41) is 8.53. The van der Waals surface area contributed by atoms with E-state index in [0.717, 1.165) is 23.4 Å². The van der Waals surface area contributed by atoms with Crippen molar-refractivity contribution < 1.29 is 4.39 Å². The minimum Gasteiger partial charge on any atom is -0.307 e. The molecule has 0 amide bonds. The van der Waals surface area contributed by atoms with Gasteiger partial charge in [0.05, 0.1) is 12.2 Å². The quantitative estimate of drug-likeness (QED) is 0.721. The average Bonchev–Trinajstić information content (AvgIpc) is 2.93. The van der Waals surface area contributed by atoms with Gasteiger partial charge in [-0.05, 0) is 42.8 Å². The second kappa shape index (κ2) is 7.12. The molecule has 0 spiro atoms. The van der Waals surface area contributed by atoms with E-state index in [2.05, 4.69) is 17.2 Å². The third-order valence-electron chi connectivity index (χ3n) is 4.28. The van der Waals surface area contributed by atoms with Crippen molar-refractivity contribution >= 4 is 24.0 Å². The maximum Gasteiger partial charge on any atom is 0.134 e. The molecule has 25 heavy (non-hydrogen) atoms. The molecule has 130 valence electrons. The summed E-state index contributed by atoms with van der Waals surface area (Å²) in [5.41, 5.74) is 4.08. The zero-order valence-corrected chi connectivity index (χ0v) is 15.1. The SMILES string of the molecule is C[C@H]1Cn2nc(-c3ccc(Cl)cc3F)c(-c3ccncc3)c2CN1.Cl. The first-order chi connectivity index (χ1) is 11.6. The fourth-order valence-electron chi connectivity index (χ4n) is 3.11. The van der Waals surface area contributed by atoms with Crippen LogP contribution in [0, 0.1) is 5.82 Å². The molecular formula is C18H17Cl2FN4. The molecular weight excluding hydrogens is 362 g/mol. The average molecular weight is 379 g/mol. The van der Waals surface area contributed by atoms with Crippen LogP contribution in [0.4, 0.5) is 4.39 Å². The number of aromatic nitrogens is 3. The molecule has 1 aromatic carbocycles. The first kappa shape index (κ1) is 17.9. The van der Waals surface area contributed by atoms with E-state index >= 15 is 0 Å². The van der Waals surface area contributed by atoms with Crippen molar-refractivity contribution in [3.8, 4) is 22.4 Å². The topological polar surface area (TPSA) is 42.7 Å². The van der Waals surface area contributed by atoms with E-state index in [0.29, 0.717) is 28.9 Å². The van der Waals surface area contributed by atoms with Gasteiger partial charge in [-0.1, -0.05) is 11.6 Å². The van der Waals surface area contributed by atoms with E-state index in [9.17, 15) is 4.39 Å². The van der Waals surface area contributed by atoms with Gasteiger partial charge in [0.2, 0.25) is 0 Å². The molecule has 2 aromatic heterocycles. The van der Waals surface area contributed by atoms with Gasteiger partial charge in [0.15, 0.2) is 0 Å². The van der Waals surface area contributed by atoms with E-state index in [1.54, 1.807) is 24.5 Å².